The lowest BCUT2D eigenvalue weighted by atomic mass is 10.0. The zero-order valence-electron chi connectivity index (χ0n) is 18.8. The van der Waals surface area contributed by atoms with Gasteiger partial charge in [-0.1, -0.05) is 42.5 Å². The molecule has 6 nitrogen and oxygen atoms in total. The van der Waals surface area contributed by atoms with E-state index < -0.39 is 0 Å². The maximum absolute atomic E-state index is 12.8. The Hall–Kier alpha value is -4.06. The van der Waals surface area contributed by atoms with Gasteiger partial charge in [-0.05, 0) is 36.4 Å². The van der Waals surface area contributed by atoms with Gasteiger partial charge < -0.3 is 14.8 Å². The lowest BCUT2D eigenvalue weighted by Crippen LogP contribution is -2.21. The number of hydrogen-bond acceptors (Lipinski definition) is 4. The molecule has 0 saturated heterocycles. The molecular formula is C26H27N5O. The number of carbonyl (C=O) groups excluding carboxylic acids is 1. The Balaban J connectivity index is 1.67. The summed E-state index contributed by atoms with van der Waals surface area (Å²) in [6.45, 7) is 0. The molecule has 0 aliphatic carbocycles. The second-order valence-corrected chi connectivity index (χ2v) is 8.05. The molecule has 2 N–H and O–H groups in total. The van der Waals surface area contributed by atoms with Gasteiger partial charge >= 0.3 is 0 Å². The third-order valence-electron chi connectivity index (χ3n) is 5.36. The highest BCUT2D eigenvalue weighted by molar-refractivity contribution is 6.13. The summed E-state index contributed by atoms with van der Waals surface area (Å²) in [5.41, 5.74) is 8.85. The van der Waals surface area contributed by atoms with Crippen LogP contribution >= 0.6 is 0 Å². The lowest BCUT2D eigenvalue weighted by molar-refractivity contribution is 0.0951. The van der Waals surface area contributed by atoms with Gasteiger partial charge in [0.1, 0.15) is 5.69 Å². The fourth-order valence-corrected chi connectivity index (χ4v) is 3.49. The highest BCUT2D eigenvalue weighted by Gasteiger charge is 2.12. The SMILES string of the molecule is CN(C)c1ccc(C(=NNC(=O)c2cc3ccccc3[nH]2)c2ccc(N(C)C)cc2)cc1. The molecule has 4 aromatic rings. The van der Waals surface area contributed by atoms with Gasteiger partial charge in [-0.3, -0.25) is 4.79 Å². The van der Waals surface area contributed by atoms with E-state index in [0.29, 0.717) is 11.4 Å². The smallest absolute Gasteiger partial charge is 0.287 e. The van der Waals surface area contributed by atoms with Crippen LogP contribution in [-0.4, -0.2) is 44.8 Å². The van der Waals surface area contributed by atoms with Crippen molar-refractivity contribution in [1.82, 2.24) is 10.4 Å². The number of fused-ring (bicyclic) bond motifs is 1. The van der Waals surface area contributed by atoms with Crippen molar-refractivity contribution in [1.29, 1.82) is 0 Å². The van der Waals surface area contributed by atoms with Gasteiger partial charge in [0.15, 0.2) is 0 Å². The average Bonchev–Trinajstić information content (AvgIpc) is 3.24. The zero-order chi connectivity index (χ0) is 22.7. The summed E-state index contributed by atoms with van der Waals surface area (Å²) in [5.74, 6) is -0.284. The standard InChI is InChI=1S/C26H27N5O/c1-30(2)21-13-9-18(10-14-21)25(19-11-15-22(16-12-19)31(3)4)28-29-26(32)24-17-20-7-5-6-8-23(20)27-24/h5-17,27H,1-4H3,(H,29,32). The number of carbonyl (C=O) groups is 1. The molecular weight excluding hydrogens is 398 g/mol. The van der Waals surface area contributed by atoms with E-state index in [4.69, 9.17) is 0 Å². The van der Waals surface area contributed by atoms with E-state index in [1.807, 2.05) is 117 Å². The maximum Gasteiger partial charge on any atom is 0.287 e. The third-order valence-corrected chi connectivity index (χ3v) is 5.36. The summed E-state index contributed by atoms with van der Waals surface area (Å²) in [7, 11) is 8.02. The second-order valence-electron chi connectivity index (χ2n) is 8.05. The predicted molar refractivity (Wildman–Crippen MR) is 133 cm³/mol. The van der Waals surface area contributed by atoms with Crippen molar-refractivity contribution in [3.05, 3.63) is 95.7 Å². The largest absolute Gasteiger partial charge is 0.378 e. The average molecular weight is 426 g/mol. The van der Waals surface area contributed by atoms with Crippen LogP contribution in [0.25, 0.3) is 10.9 Å². The quantitative estimate of drug-likeness (QED) is 0.354. The molecule has 0 radical (unpaired) electrons. The van der Waals surface area contributed by atoms with E-state index in [9.17, 15) is 4.79 Å². The second kappa shape index (κ2) is 8.98. The number of H-pyrrole nitrogens is 1. The Morgan fingerprint density at radius 2 is 1.31 bits per heavy atom. The molecule has 1 heterocycles. The fourth-order valence-electron chi connectivity index (χ4n) is 3.49. The van der Waals surface area contributed by atoms with Crippen molar-refractivity contribution in [2.45, 2.75) is 0 Å². The van der Waals surface area contributed by atoms with Crippen molar-refractivity contribution < 1.29 is 4.79 Å². The number of amides is 1. The molecule has 1 amide bonds. The van der Waals surface area contributed by atoms with Crippen LogP contribution in [-0.2, 0) is 0 Å². The van der Waals surface area contributed by atoms with Crippen molar-refractivity contribution in [2.75, 3.05) is 38.0 Å². The van der Waals surface area contributed by atoms with Crippen molar-refractivity contribution in [3.63, 3.8) is 0 Å². The minimum absolute atomic E-state index is 0.284. The Bertz CT molecular complexity index is 1170. The van der Waals surface area contributed by atoms with Crippen LogP contribution in [0.15, 0.2) is 84.0 Å². The van der Waals surface area contributed by atoms with E-state index in [1.54, 1.807) is 0 Å². The number of aromatic nitrogens is 1. The summed E-state index contributed by atoms with van der Waals surface area (Å²) in [6, 6.07) is 25.9. The van der Waals surface area contributed by atoms with E-state index >= 15 is 0 Å². The number of hydrogen-bond donors (Lipinski definition) is 2. The highest BCUT2D eigenvalue weighted by Crippen LogP contribution is 2.19. The minimum atomic E-state index is -0.284. The number of aromatic amines is 1. The Kier molecular flexibility index (Phi) is 5.94. The maximum atomic E-state index is 12.8. The van der Waals surface area contributed by atoms with Crippen LogP contribution in [0, 0.1) is 0 Å². The van der Waals surface area contributed by atoms with Crippen molar-refractivity contribution in [2.24, 2.45) is 5.10 Å². The molecule has 0 aliphatic rings. The van der Waals surface area contributed by atoms with Crippen LogP contribution in [0.5, 0.6) is 0 Å². The molecule has 0 unspecified atom stereocenters. The summed E-state index contributed by atoms with van der Waals surface area (Å²) in [4.78, 5) is 20.0. The number of nitrogens with zero attached hydrogens (tertiary/aromatic N) is 3. The number of nitrogens with one attached hydrogen (secondary N) is 2. The van der Waals surface area contributed by atoms with Crippen LogP contribution in [0.4, 0.5) is 11.4 Å². The first-order valence-corrected chi connectivity index (χ1v) is 10.4. The summed E-state index contributed by atoms with van der Waals surface area (Å²) in [5, 5.41) is 5.52. The van der Waals surface area contributed by atoms with E-state index in [0.717, 1.165) is 33.4 Å². The molecule has 0 atom stereocenters. The molecule has 0 spiro atoms. The minimum Gasteiger partial charge on any atom is -0.378 e. The molecule has 162 valence electrons. The van der Waals surface area contributed by atoms with Gasteiger partial charge in [0.2, 0.25) is 0 Å². The molecule has 0 fully saturated rings. The predicted octanol–water partition coefficient (Wildman–Crippen LogP) is 4.48. The topological polar surface area (TPSA) is 63.7 Å². The Morgan fingerprint density at radius 3 is 1.81 bits per heavy atom. The van der Waals surface area contributed by atoms with Gasteiger partial charge in [0.05, 0.1) is 5.71 Å². The Morgan fingerprint density at radius 1 is 0.781 bits per heavy atom. The van der Waals surface area contributed by atoms with E-state index in [-0.39, 0.29) is 5.91 Å². The Labute approximate surface area is 188 Å². The van der Waals surface area contributed by atoms with Crippen molar-refractivity contribution in [3.8, 4) is 0 Å². The molecule has 1 aromatic heterocycles. The van der Waals surface area contributed by atoms with Gasteiger partial charge in [0, 0.05) is 61.6 Å². The summed E-state index contributed by atoms with van der Waals surface area (Å²) >= 11 is 0. The molecule has 6 heteroatoms. The molecule has 4 rings (SSSR count). The zero-order valence-corrected chi connectivity index (χ0v) is 18.8. The van der Waals surface area contributed by atoms with Gasteiger partial charge in [-0.25, -0.2) is 5.43 Å². The van der Waals surface area contributed by atoms with Gasteiger partial charge in [0.25, 0.3) is 5.91 Å². The third kappa shape index (κ3) is 4.49. The molecule has 0 bridgehead atoms. The first kappa shape index (κ1) is 21.2. The van der Waals surface area contributed by atoms with Crippen LogP contribution in [0.2, 0.25) is 0 Å². The number of hydrazone groups is 1. The van der Waals surface area contributed by atoms with Crippen LogP contribution in [0.3, 0.4) is 0 Å². The number of benzene rings is 3. The molecule has 0 saturated carbocycles. The molecule has 3 aromatic carbocycles. The fraction of sp³-hybridized carbons (Fsp3) is 0.154. The van der Waals surface area contributed by atoms with E-state index in [1.165, 1.54) is 0 Å². The number of rotatable bonds is 6. The number of para-hydroxylation sites is 1. The van der Waals surface area contributed by atoms with Crippen molar-refractivity contribution >= 4 is 33.9 Å². The van der Waals surface area contributed by atoms with Crippen LogP contribution < -0.4 is 15.2 Å². The van der Waals surface area contributed by atoms with Crippen LogP contribution in [0.1, 0.15) is 21.6 Å². The highest BCUT2D eigenvalue weighted by atomic mass is 16.2. The number of anilines is 2. The van der Waals surface area contributed by atoms with Gasteiger partial charge in [-0.15, -0.1) is 0 Å². The normalized spacial score (nSPS) is 10.6. The monoisotopic (exact) mass is 425 g/mol. The first-order chi connectivity index (χ1) is 15.4. The van der Waals surface area contributed by atoms with Gasteiger partial charge in [-0.2, -0.15) is 5.10 Å². The molecule has 32 heavy (non-hydrogen) atoms. The lowest BCUT2D eigenvalue weighted by Gasteiger charge is -2.15. The summed E-state index contributed by atoms with van der Waals surface area (Å²) < 4.78 is 0. The molecule has 0 aliphatic heterocycles. The summed E-state index contributed by atoms with van der Waals surface area (Å²) in [6.07, 6.45) is 0. The van der Waals surface area contributed by atoms with E-state index in [2.05, 4.69) is 15.5 Å². The first-order valence-electron chi connectivity index (χ1n) is 10.4.